The van der Waals surface area contributed by atoms with Crippen molar-refractivity contribution in [3.63, 3.8) is 0 Å². The van der Waals surface area contributed by atoms with Crippen molar-refractivity contribution in [3.05, 3.63) is 29.0 Å². The van der Waals surface area contributed by atoms with E-state index in [9.17, 15) is 9.18 Å². The molecule has 70 valence electrons. The summed E-state index contributed by atoms with van der Waals surface area (Å²) in [6, 6.07) is 3.93. The molecule has 0 bridgehead atoms. The number of carboxylic acids is 1. The van der Waals surface area contributed by atoms with Crippen LogP contribution >= 0.6 is 11.6 Å². The maximum Gasteiger partial charge on any atom is 0.322 e. The molecule has 0 saturated carbocycles. The average Bonchev–Trinajstić information content (AvgIpc) is 2.07. The maximum atomic E-state index is 12.6. The maximum absolute atomic E-state index is 12.6. The normalized spacial score (nSPS) is 9.69. The molecule has 5 heteroatoms. The standard InChI is InChI=1S/C8H7ClFNO2/c9-6-3-5(1-2-7(6)10)11-4-8(12)13/h1-3,11H,4H2,(H,12,13). The molecule has 13 heavy (non-hydrogen) atoms. The van der Waals surface area contributed by atoms with Crippen molar-refractivity contribution in [1.82, 2.24) is 0 Å². The van der Waals surface area contributed by atoms with Gasteiger partial charge in [0.15, 0.2) is 0 Å². The van der Waals surface area contributed by atoms with Crippen LogP contribution in [0.3, 0.4) is 0 Å². The van der Waals surface area contributed by atoms with Gasteiger partial charge in [0.2, 0.25) is 0 Å². The van der Waals surface area contributed by atoms with Gasteiger partial charge >= 0.3 is 5.97 Å². The predicted octanol–water partition coefficient (Wildman–Crippen LogP) is 1.98. The van der Waals surface area contributed by atoms with Crippen LogP contribution in [0.25, 0.3) is 0 Å². The molecule has 1 aromatic rings. The third-order valence-corrected chi connectivity index (χ3v) is 1.65. The van der Waals surface area contributed by atoms with Crippen LogP contribution in [0.2, 0.25) is 5.02 Å². The van der Waals surface area contributed by atoms with Gasteiger partial charge in [0.25, 0.3) is 0 Å². The van der Waals surface area contributed by atoms with Crippen molar-refractivity contribution >= 4 is 23.3 Å². The Morgan fingerprint density at radius 1 is 1.62 bits per heavy atom. The molecule has 0 spiro atoms. The van der Waals surface area contributed by atoms with Gasteiger partial charge in [-0.1, -0.05) is 11.6 Å². The molecule has 3 nitrogen and oxygen atoms in total. The van der Waals surface area contributed by atoms with Gasteiger partial charge in [-0.15, -0.1) is 0 Å². The van der Waals surface area contributed by atoms with Gasteiger partial charge < -0.3 is 10.4 Å². The molecule has 0 heterocycles. The Balaban J connectivity index is 2.68. The highest BCUT2D eigenvalue weighted by Crippen LogP contribution is 2.18. The van der Waals surface area contributed by atoms with E-state index in [1.807, 2.05) is 0 Å². The molecule has 2 N–H and O–H groups in total. The topological polar surface area (TPSA) is 49.3 Å². The number of aliphatic carboxylic acids is 1. The van der Waals surface area contributed by atoms with Crippen molar-refractivity contribution in [2.75, 3.05) is 11.9 Å². The van der Waals surface area contributed by atoms with E-state index >= 15 is 0 Å². The second-order valence-corrected chi connectivity index (χ2v) is 2.78. The number of carbonyl (C=O) groups is 1. The zero-order valence-corrected chi connectivity index (χ0v) is 7.31. The molecular formula is C8H7ClFNO2. The number of carboxylic acid groups (broad SMARTS) is 1. The number of hydrogen-bond acceptors (Lipinski definition) is 2. The first kappa shape index (κ1) is 9.80. The van der Waals surface area contributed by atoms with Crippen molar-refractivity contribution < 1.29 is 14.3 Å². The zero-order chi connectivity index (χ0) is 9.84. The summed E-state index contributed by atoms with van der Waals surface area (Å²) in [5.74, 6) is -1.51. The zero-order valence-electron chi connectivity index (χ0n) is 6.55. The lowest BCUT2D eigenvalue weighted by Crippen LogP contribution is -2.12. The Labute approximate surface area is 79.1 Å². The number of benzene rings is 1. The summed E-state index contributed by atoms with van der Waals surface area (Å²) in [7, 11) is 0. The lowest BCUT2D eigenvalue weighted by Gasteiger charge is -2.03. The van der Waals surface area contributed by atoms with Crippen molar-refractivity contribution in [3.8, 4) is 0 Å². The number of nitrogens with one attached hydrogen (secondary N) is 1. The predicted molar refractivity (Wildman–Crippen MR) is 47.5 cm³/mol. The molecular weight excluding hydrogens is 197 g/mol. The largest absolute Gasteiger partial charge is 0.480 e. The molecule has 0 aliphatic carbocycles. The molecule has 0 aliphatic heterocycles. The van der Waals surface area contributed by atoms with Crippen molar-refractivity contribution in [1.29, 1.82) is 0 Å². The number of rotatable bonds is 3. The Morgan fingerprint density at radius 3 is 2.85 bits per heavy atom. The second-order valence-electron chi connectivity index (χ2n) is 2.38. The van der Waals surface area contributed by atoms with Crippen molar-refractivity contribution in [2.45, 2.75) is 0 Å². The van der Waals surface area contributed by atoms with Crippen molar-refractivity contribution in [2.24, 2.45) is 0 Å². The Hall–Kier alpha value is -1.29. The highest BCUT2D eigenvalue weighted by Gasteiger charge is 2.01. The van der Waals surface area contributed by atoms with E-state index in [-0.39, 0.29) is 11.6 Å². The number of hydrogen-bond donors (Lipinski definition) is 2. The van der Waals surface area contributed by atoms with Crippen LogP contribution in [0.4, 0.5) is 10.1 Å². The van der Waals surface area contributed by atoms with E-state index in [0.29, 0.717) is 5.69 Å². The smallest absolute Gasteiger partial charge is 0.322 e. The van der Waals surface area contributed by atoms with Gasteiger partial charge in [0.05, 0.1) is 5.02 Å². The summed E-state index contributed by atoms with van der Waals surface area (Å²) >= 11 is 5.47. The Kier molecular flexibility index (Phi) is 3.08. The minimum Gasteiger partial charge on any atom is -0.480 e. The molecule has 1 aromatic carbocycles. The lowest BCUT2D eigenvalue weighted by molar-refractivity contribution is -0.134. The van der Waals surface area contributed by atoms with E-state index < -0.39 is 11.8 Å². The van der Waals surface area contributed by atoms with Crippen LogP contribution in [-0.4, -0.2) is 17.6 Å². The molecule has 0 aromatic heterocycles. The second kappa shape index (κ2) is 4.09. The molecule has 0 aliphatic rings. The highest BCUT2D eigenvalue weighted by atomic mass is 35.5. The van der Waals surface area contributed by atoms with Crippen LogP contribution in [0.1, 0.15) is 0 Å². The van der Waals surface area contributed by atoms with Gasteiger partial charge in [-0.05, 0) is 18.2 Å². The first-order valence-corrected chi connectivity index (χ1v) is 3.88. The fourth-order valence-corrected chi connectivity index (χ4v) is 0.964. The van der Waals surface area contributed by atoms with E-state index in [1.165, 1.54) is 18.2 Å². The van der Waals surface area contributed by atoms with E-state index in [4.69, 9.17) is 16.7 Å². The van der Waals surface area contributed by atoms with Gasteiger partial charge in [-0.3, -0.25) is 4.79 Å². The highest BCUT2D eigenvalue weighted by molar-refractivity contribution is 6.31. The molecule has 0 fully saturated rings. The Morgan fingerprint density at radius 2 is 2.31 bits per heavy atom. The summed E-state index contributed by atoms with van der Waals surface area (Å²) in [4.78, 5) is 10.2. The van der Waals surface area contributed by atoms with Crippen LogP contribution in [-0.2, 0) is 4.79 Å². The fraction of sp³-hybridized carbons (Fsp3) is 0.125. The third-order valence-electron chi connectivity index (χ3n) is 1.36. The minimum atomic E-state index is -0.986. The molecule has 0 radical (unpaired) electrons. The van der Waals surface area contributed by atoms with Crippen LogP contribution in [0.15, 0.2) is 18.2 Å². The molecule has 0 amide bonds. The van der Waals surface area contributed by atoms with Gasteiger partial charge in [0, 0.05) is 5.69 Å². The summed E-state index contributed by atoms with van der Waals surface area (Å²) < 4.78 is 12.6. The van der Waals surface area contributed by atoms with Gasteiger partial charge in [-0.2, -0.15) is 0 Å². The SMILES string of the molecule is O=C(O)CNc1ccc(F)c(Cl)c1. The third kappa shape index (κ3) is 2.91. The number of anilines is 1. The van der Waals surface area contributed by atoms with Crippen LogP contribution < -0.4 is 5.32 Å². The van der Waals surface area contributed by atoms with E-state index in [0.717, 1.165) is 0 Å². The average molecular weight is 204 g/mol. The summed E-state index contributed by atoms with van der Waals surface area (Å²) in [6.07, 6.45) is 0. The fourth-order valence-electron chi connectivity index (χ4n) is 0.784. The van der Waals surface area contributed by atoms with Gasteiger partial charge in [-0.25, -0.2) is 4.39 Å². The van der Waals surface area contributed by atoms with Crippen LogP contribution in [0, 0.1) is 5.82 Å². The van der Waals surface area contributed by atoms with E-state index in [1.54, 1.807) is 0 Å². The minimum absolute atomic E-state index is 0.0320. The first-order valence-electron chi connectivity index (χ1n) is 3.50. The Bertz CT molecular complexity index is 330. The molecule has 0 atom stereocenters. The summed E-state index contributed by atoms with van der Waals surface area (Å²) in [5.41, 5.74) is 0.480. The summed E-state index contributed by atoms with van der Waals surface area (Å²) in [5, 5.41) is 10.9. The van der Waals surface area contributed by atoms with E-state index in [2.05, 4.69) is 5.32 Å². The quantitative estimate of drug-likeness (QED) is 0.790. The molecule has 0 saturated heterocycles. The molecule has 1 rings (SSSR count). The van der Waals surface area contributed by atoms with Gasteiger partial charge in [0.1, 0.15) is 12.4 Å². The molecule has 0 unspecified atom stereocenters. The first-order chi connectivity index (χ1) is 6.09. The van der Waals surface area contributed by atoms with Crippen LogP contribution in [0.5, 0.6) is 0 Å². The number of halogens is 2. The lowest BCUT2D eigenvalue weighted by atomic mass is 10.3. The summed E-state index contributed by atoms with van der Waals surface area (Å²) in [6.45, 7) is -0.220. The monoisotopic (exact) mass is 203 g/mol.